The number of nitrogens with zero attached hydrogens (tertiary/aromatic N) is 5. The summed E-state index contributed by atoms with van der Waals surface area (Å²) < 4.78 is 15.6. The zero-order valence-corrected chi connectivity index (χ0v) is 16.4. The van der Waals surface area contributed by atoms with Crippen molar-refractivity contribution in [3.05, 3.63) is 65.3 Å². The number of hydrogen-bond acceptors (Lipinski definition) is 6. The maximum absolute atomic E-state index is 5.94. The van der Waals surface area contributed by atoms with Crippen molar-refractivity contribution >= 4 is 23.1 Å². The summed E-state index contributed by atoms with van der Waals surface area (Å²) in [5.41, 5.74) is 2.42. The van der Waals surface area contributed by atoms with Crippen LogP contribution in [0.5, 0.6) is 11.5 Å². The lowest BCUT2D eigenvalue weighted by Gasteiger charge is -2.09. The van der Waals surface area contributed by atoms with Crippen LogP contribution in [-0.4, -0.2) is 31.2 Å². The molecule has 3 heterocycles. The number of hydrogen-bond donors (Lipinski definition) is 0. The van der Waals surface area contributed by atoms with Crippen LogP contribution in [0.15, 0.2) is 55.1 Å². The third-order valence-corrected chi connectivity index (χ3v) is 4.52. The van der Waals surface area contributed by atoms with E-state index in [0.29, 0.717) is 16.8 Å². The average Bonchev–Trinajstić information content (AvgIpc) is 3.13. The lowest BCUT2D eigenvalue weighted by molar-refractivity contribution is 0.298. The summed E-state index contributed by atoms with van der Waals surface area (Å²) in [7, 11) is 1.86. The molecule has 28 heavy (non-hydrogen) atoms. The quantitative estimate of drug-likeness (QED) is 0.464. The van der Waals surface area contributed by atoms with Crippen LogP contribution in [0.4, 0.5) is 0 Å². The van der Waals surface area contributed by atoms with Gasteiger partial charge < -0.3 is 9.47 Å². The molecule has 8 heteroatoms. The number of aromatic nitrogens is 5. The van der Waals surface area contributed by atoms with Crippen molar-refractivity contribution in [3.8, 4) is 17.2 Å². The van der Waals surface area contributed by atoms with E-state index in [-0.39, 0.29) is 6.61 Å². The van der Waals surface area contributed by atoms with Crippen molar-refractivity contribution in [2.75, 3.05) is 6.61 Å². The first kappa shape index (κ1) is 18.1. The minimum atomic E-state index is 0.268. The molecule has 0 bridgehead atoms. The average molecular weight is 393 g/mol. The van der Waals surface area contributed by atoms with Crippen molar-refractivity contribution in [2.45, 2.75) is 13.5 Å². The molecule has 142 valence electrons. The zero-order valence-electron chi connectivity index (χ0n) is 15.6. The van der Waals surface area contributed by atoms with Gasteiger partial charge in [-0.15, -0.1) is 0 Å². The first-order valence-electron chi connectivity index (χ1n) is 8.85. The highest BCUT2D eigenvalue weighted by molar-refractivity contribution is 7.71. The standard InChI is InChI=1S/C20H19N5O2S/c1-3-26-17-9-14-8-16(4-5-18(14)21-11-17)27-13-19-20(28)6-7-25(23-19)15-10-22-24(2)12-15/h4-12H,3,13H2,1-2H3. The fourth-order valence-electron chi connectivity index (χ4n) is 2.79. The number of pyridine rings is 1. The van der Waals surface area contributed by atoms with E-state index in [0.717, 1.165) is 28.1 Å². The molecule has 4 aromatic rings. The SMILES string of the molecule is CCOc1cnc2ccc(OCc3nn(-c4cnn(C)c4)ccc3=S)cc2c1. The molecule has 4 rings (SSSR count). The van der Waals surface area contributed by atoms with Gasteiger partial charge in [0.15, 0.2) is 0 Å². The molecule has 0 unspecified atom stereocenters. The first-order valence-corrected chi connectivity index (χ1v) is 9.26. The Balaban J connectivity index is 1.56. The van der Waals surface area contributed by atoms with E-state index in [1.165, 1.54) is 0 Å². The Bertz CT molecular complexity index is 1180. The van der Waals surface area contributed by atoms with Crippen molar-refractivity contribution < 1.29 is 9.47 Å². The molecule has 0 aliphatic rings. The number of rotatable bonds is 6. The molecule has 1 aromatic carbocycles. The van der Waals surface area contributed by atoms with E-state index < -0.39 is 0 Å². The van der Waals surface area contributed by atoms with Crippen molar-refractivity contribution in [3.63, 3.8) is 0 Å². The molecular weight excluding hydrogens is 374 g/mol. The smallest absolute Gasteiger partial charge is 0.138 e. The maximum atomic E-state index is 5.94. The predicted molar refractivity (Wildman–Crippen MR) is 108 cm³/mol. The lowest BCUT2D eigenvalue weighted by Crippen LogP contribution is -2.07. The van der Waals surface area contributed by atoms with Crippen LogP contribution < -0.4 is 9.47 Å². The first-order chi connectivity index (χ1) is 13.6. The van der Waals surface area contributed by atoms with Crippen LogP contribution in [0.3, 0.4) is 0 Å². The second-order valence-corrected chi connectivity index (χ2v) is 6.63. The topological polar surface area (TPSA) is 67.0 Å². The second-order valence-electron chi connectivity index (χ2n) is 6.19. The van der Waals surface area contributed by atoms with Crippen LogP contribution in [0, 0.1) is 4.51 Å². The Labute approximate surface area is 167 Å². The molecule has 3 aromatic heterocycles. The van der Waals surface area contributed by atoms with Gasteiger partial charge in [0.1, 0.15) is 29.5 Å². The molecule has 0 aliphatic heterocycles. The Hall–Kier alpha value is -3.26. The summed E-state index contributed by atoms with van der Waals surface area (Å²) in [6, 6.07) is 9.53. The summed E-state index contributed by atoms with van der Waals surface area (Å²) in [6.45, 7) is 2.81. The van der Waals surface area contributed by atoms with Gasteiger partial charge >= 0.3 is 0 Å². The van der Waals surface area contributed by atoms with E-state index in [4.69, 9.17) is 21.7 Å². The molecule has 0 amide bonds. The minimum absolute atomic E-state index is 0.268. The molecular formula is C20H19N5O2S. The van der Waals surface area contributed by atoms with Crippen LogP contribution in [-0.2, 0) is 13.7 Å². The molecule has 0 radical (unpaired) electrons. The van der Waals surface area contributed by atoms with Crippen molar-refractivity contribution in [1.29, 1.82) is 0 Å². The van der Waals surface area contributed by atoms with Crippen LogP contribution in [0.25, 0.3) is 16.6 Å². The molecule has 0 aliphatic carbocycles. The maximum Gasteiger partial charge on any atom is 0.138 e. The number of benzene rings is 1. The summed E-state index contributed by atoms with van der Waals surface area (Å²) in [5, 5.41) is 9.70. The Morgan fingerprint density at radius 2 is 1.93 bits per heavy atom. The third kappa shape index (κ3) is 3.86. The van der Waals surface area contributed by atoms with E-state index in [1.54, 1.807) is 21.8 Å². The Morgan fingerprint density at radius 3 is 2.71 bits per heavy atom. The lowest BCUT2D eigenvalue weighted by atomic mass is 10.2. The number of fused-ring (bicyclic) bond motifs is 1. The van der Waals surface area contributed by atoms with Gasteiger partial charge in [-0.25, -0.2) is 4.68 Å². The second kappa shape index (κ2) is 7.77. The summed E-state index contributed by atoms with van der Waals surface area (Å²) in [6.07, 6.45) is 7.17. The van der Waals surface area contributed by atoms with E-state index in [2.05, 4.69) is 15.2 Å². The molecule has 0 atom stereocenters. The van der Waals surface area contributed by atoms with Crippen LogP contribution in [0.1, 0.15) is 12.6 Å². The molecule has 0 fully saturated rings. The molecule has 0 spiro atoms. The van der Waals surface area contributed by atoms with Gasteiger partial charge in [0.05, 0.1) is 35.2 Å². The van der Waals surface area contributed by atoms with Gasteiger partial charge in [0.25, 0.3) is 0 Å². The van der Waals surface area contributed by atoms with Crippen LogP contribution >= 0.6 is 12.2 Å². The summed E-state index contributed by atoms with van der Waals surface area (Å²) in [4.78, 5) is 4.40. The summed E-state index contributed by atoms with van der Waals surface area (Å²) >= 11 is 5.40. The van der Waals surface area contributed by atoms with Gasteiger partial charge in [0, 0.05) is 18.6 Å². The summed E-state index contributed by atoms with van der Waals surface area (Å²) in [5.74, 6) is 1.46. The molecule has 0 saturated heterocycles. The van der Waals surface area contributed by atoms with E-state index in [9.17, 15) is 0 Å². The minimum Gasteiger partial charge on any atom is -0.492 e. The van der Waals surface area contributed by atoms with E-state index in [1.807, 2.05) is 56.7 Å². The number of ether oxygens (including phenoxy) is 2. The monoisotopic (exact) mass is 393 g/mol. The van der Waals surface area contributed by atoms with E-state index >= 15 is 0 Å². The highest BCUT2D eigenvalue weighted by atomic mass is 32.1. The molecule has 7 nitrogen and oxygen atoms in total. The Morgan fingerprint density at radius 1 is 1.07 bits per heavy atom. The fraction of sp³-hybridized carbons (Fsp3) is 0.200. The van der Waals surface area contributed by atoms with Gasteiger partial charge in [0.2, 0.25) is 0 Å². The fourth-order valence-corrected chi connectivity index (χ4v) is 2.95. The largest absolute Gasteiger partial charge is 0.492 e. The predicted octanol–water partition coefficient (Wildman–Crippen LogP) is 3.86. The van der Waals surface area contributed by atoms with Crippen LogP contribution in [0.2, 0.25) is 0 Å². The van der Waals surface area contributed by atoms with Crippen molar-refractivity contribution in [1.82, 2.24) is 24.5 Å². The molecule has 0 N–H and O–H groups in total. The van der Waals surface area contributed by atoms with Gasteiger partial charge in [-0.05, 0) is 37.3 Å². The van der Waals surface area contributed by atoms with Gasteiger partial charge in [-0.3, -0.25) is 9.67 Å². The highest BCUT2D eigenvalue weighted by Crippen LogP contribution is 2.23. The third-order valence-electron chi connectivity index (χ3n) is 4.15. The zero-order chi connectivity index (χ0) is 19.5. The number of aryl methyl sites for hydroxylation is 1. The van der Waals surface area contributed by atoms with Gasteiger partial charge in [-0.2, -0.15) is 10.2 Å². The van der Waals surface area contributed by atoms with Crippen molar-refractivity contribution in [2.24, 2.45) is 7.05 Å². The highest BCUT2D eigenvalue weighted by Gasteiger charge is 2.06. The molecule has 0 saturated carbocycles. The Kier molecular flexibility index (Phi) is 5.03. The normalized spacial score (nSPS) is 10.9. The van der Waals surface area contributed by atoms with Gasteiger partial charge in [-0.1, -0.05) is 12.2 Å².